The smallest absolute Gasteiger partial charge is 0.250 e. The van der Waals surface area contributed by atoms with Gasteiger partial charge in [0.15, 0.2) is 5.78 Å². The van der Waals surface area contributed by atoms with Crippen LogP contribution in [0.1, 0.15) is 17.3 Å². The van der Waals surface area contributed by atoms with Crippen molar-refractivity contribution < 1.29 is 13.9 Å². The number of benzene rings is 1. The largest absolute Gasteiger partial charge is 0.491 e. The molecule has 0 bridgehead atoms. The molecule has 0 aliphatic heterocycles. The molecule has 2 rings (SSSR count). The van der Waals surface area contributed by atoms with Gasteiger partial charge < -0.3 is 9.30 Å². The fourth-order valence-corrected chi connectivity index (χ4v) is 1.81. The second kappa shape index (κ2) is 6.14. The highest BCUT2D eigenvalue weighted by Crippen LogP contribution is 2.18. The van der Waals surface area contributed by atoms with Crippen molar-refractivity contribution in [3.05, 3.63) is 64.3 Å². The van der Waals surface area contributed by atoms with Crippen LogP contribution >= 0.6 is 0 Å². The highest BCUT2D eigenvalue weighted by atomic mass is 19.1. The summed E-state index contributed by atoms with van der Waals surface area (Å²) >= 11 is 0. The van der Waals surface area contributed by atoms with Crippen molar-refractivity contribution >= 4 is 5.78 Å². The lowest BCUT2D eigenvalue weighted by atomic mass is 10.1. The van der Waals surface area contributed by atoms with Crippen LogP contribution in [0.2, 0.25) is 0 Å². The van der Waals surface area contributed by atoms with E-state index in [0.717, 1.165) is 12.3 Å². The average Bonchev–Trinajstić information content (AvgIpc) is 2.43. The Bertz CT molecular complexity index is 679. The van der Waals surface area contributed by atoms with Gasteiger partial charge in [0, 0.05) is 12.3 Å². The summed E-state index contributed by atoms with van der Waals surface area (Å²) < 4.78 is 19.7. The Labute approximate surface area is 115 Å². The molecule has 20 heavy (non-hydrogen) atoms. The number of carbonyl (C=O) groups is 1. The monoisotopic (exact) mass is 275 g/mol. The average molecular weight is 275 g/mol. The van der Waals surface area contributed by atoms with E-state index >= 15 is 0 Å². The van der Waals surface area contributed by atoms with Crippen molar-refractivity contribution in [1.82, 2.24) is 4.57 Å². The van der Waals surface area contributed by atoms with Crippen molar-refractivity contribution in [3.8, 4) is 5.75 Å². The van der Waals surface area contributed by atoms with E-state index < -0.39 is 5.82 Å². The number of hydrogen-bond donors (Lipinski definition) is 0. The summed E-state index contributed by atoms with van der Waals surface area (Å²) in [6.45, 7) is 1.84. The maximum atomic E-state index is 13.0. The lowest BCUT2D eigenvalue weighted by Crippen LogP contribution is -2.22. The van der Waals surface area contributed by atoms with E-state index in [0.29, 0.717) is 11.3 Å². The van der Waals surface area contributed by atoms with Gasteiger partial charge in [-0.15, -0.1) is 0 Å². The predicted octanol–water partition coefficient (Wildman–Crippen LogP) is 2.27. The number of hydrogen-bond acceptors (Lipinski definition) is 3. The molecule has 0 N–H and O–H groups in total. The van der Waals surface area contributed by atoms with Crippen LogP contribution in [-0.4, -0.2) is 17.0 Å². The van der Waals surface area contributed by atoms with Crippen molar-refractivity contribution in [1.29, 1.82) is 0 Å². The summed E-state index contributed by atoms with van der Waals surface area (Å²) in [7, 11) is 0. The molecule has 1 aromatic carbocycles. The zero-order chi connectivity index (χ0) is 14.5. The van der Waals surface area contributed by atoms with E-state index in [1.54, 1.807) is 24.3 Å². The van der Waals surface area contributed by atoms with Gasteiger partial charge >= 0.3 is 0 Å². The van der Waals surface area contributed by atoms with Gasteiger partial charge in [0.1, 0.15) is 18.2 Å². The SMILES string of the molecule is CC(=O)c1ccccc1OCCn1cc(F)ccc1=O. The normalized spacial score (nSPS) is 10.3. The predicted molar refractivity (Wildman–Crippen MR) is 72.6 cm³/mol. The molecule has 0 unspecified atom stereocenters. The van der Waals surface area contributed by atoms with E-state index in [2.05, 4.69) is 0 Å². The van der Waals surface area contributed by atoms with Gasteiger partial charge in [0.05, 0.1) is 12.1 Å². The third kappa shape index (κ3) is 3.32. The topological polar surface area (TPSA) is 48.3 Å². The fraction of sp³-hybridized carbons (Fsp3) is 0.200. The molecule has 1 heterocycles. The maximum Gasteiger partial charge on any atom is 0.250 e. The molecule has 0 saturated heterocycles. The maximum absolute atomic E-state index is 13.0. The van der Waals surface area contributed by atoms with Crippen molar-refractivity contribution in [2.24, 2.45) is 0 Å². The first-order valence-electron chi connectivity index (χ1n) is 6.16. The summed E-state index contributed by atoms with van der Waals surface area (Å²) in [5, 5.41) is 0. The van der Waals surface area contributed by atoms with E-state index in [9.17, 15) is 14.0 Å². The molecule has 0 fully saturated rings. The second-order valence-electron chi connectivity index (χ2n) is 4.28. The number of aromatic nitrogens is 1. The molecule has 5 heteroatoms. The molecule has 0 radical (unpaired) electrons. The van der Waals surface area contributed by atoms with Crippen LogP contribution in [-0.2, 0) is 6.54 Å². The van der Waals surface area contributed by atoms with Gasteiger partial charge in [-0.05, 0) is 25.1 Å². The first-order chi connectivity index (χ1) is 9.58. The summed E-state index contributed by atoms with van der Waals surface area (Å²) in [6.07, 6.45) is 1.13. The first kappa shape index (κ1) is 14.0. The number of rotatable bonds is 5. The third-order valence-corrected chi connectivity index (χ3v) is 2.80. The zero-order valence-electron chi connectivity index (χ0n) is 11.0. The minimum atomic E-state index is -0.478. The molecule has 0 saturated carbocycles. The number of pyridine rings is 1. The Kier molecular flexibility index (Phi) is 4.30. The van der Waals surface area contributed by atoms with Crippen LogP contribution in [0.5, 0.6) is 5.75 Å². The molecule has 104 valence electrons. The number of ketones is 1. The second-order valence-corrected chi connectivity index (χ2v) is 4.28. The minimum absolute atomic E-state index is 0.0940. The summed E-state index contributed by atoms with van der Waals surface area (Å²) in [4.78, 5) is 22.9. The molecule has 0 aliphatic carbocycles. The lowest BCUT2D eigenvalue weighted by molar-refractivity contribution is 0.101. The standard InChI is InChI=1S/C15H14FNO3/c1-11(18)13-4-2-3-5-14(13)20-9-8-17-10-12(16)6-7-15(17)19/h2-7,10H,8-9H2,1H3. The van der Waals surface area contributed by atoms with Gasteiger partial charge in [0.2, 0.25) is 0 Å². The van der Waals surface area contributed by atoms with Gasteiger partial charge in [-0.1, -0.05) is 12.1 Å². The lowest BCUT2D eigenvalue weighted by Gasteiger charge is -2.10. The highest BCUT2D eigenvalue weighted by molar-refractivity contribution is 5.96. The molecule has 0 amide bonds. The number of nitrogens with zero attached hydrogens (tertiary/aromatic N) is 1. The number of para-hydroxylation sites is 1. The van der Waals surface area contributed by atoms with Crippen LogP contribution in [0.15, 0.2) is 47.4 Å². The van der Waals surface area contributed by atoms with Gasteiger partial charge in [-0.3, -0.25) is 9.59 Å². The van der Waals surface area contributed by atoms with Crippen LogP contribution in [0.25, 0.3) is 0 Å². The Morgan fingerprint density at radius 1 is 1.25 bits per heavy atom. The number of Topliss-reactive ketones (excluding diaryl/α,β-unsaturated/α-hetero) is 1. The van der Waals surface area contributed by atoms with Crippen LogP contribution in [0, 0.1) is 5.82 Å². The van der Waals surface area contributed by atoms with E-state index in [4.69, 9.17) is 4.74 Å². The van der Waals surface area contributed by atoms with Gasteiger partial charge in [-0.2, -0.15) is 0 Å². The molecule has 2 aromatic rings. The molecule has 0 atom stereocenters. The molecule has 0 spiro atoms. The van der Waals surface area contributed by atoms with E-state index in [1.807, 2.05) is 0 Å². The van der Waals surface area contributed by atoms with Crippen LogP contribution in [0.4, 0.5) is 4.39 Å². The van der Waals surface area contributed by atoms with Crippen molar-refractivity contribution in [2.75, 3.05) is 6.61 Å². The molecular formula is C15H14FNO3. The van der Waals surface area contributed by atoms with Crippen molar-refractivity contribution in [3.63, 3.8) is 0 Å². The zero-order valence-corrected chi connectivity index (χ0v) is 11.0. The van der Waals surface area contributed by atoms with E-state index in [1.165, 1.54) is 17.6 Å². The van der Waals surface area contributed by atoms with Crippen molar-refractivity contribution in [2.45, 2.75) is 13.5 Å². The van der Waals surface area contributed by atoms with Crippen LogP contribution < -0.4 is 10.3 Å². The quantitative estimate of drug-likeness (QED) is 0.786. The van der Waals surface area contributed by atoms with Crippen LogP contribution in [0.3, 0.4) is 0 Å². The summed E-state index contributed by atoms with van der Waals surface area (Å²) in [6, 6.07) is 9.15. The first-order valence-corrected chi connectivity index (χ1v) is 6.16. The Morgan fingerprint density at radius 3 is 2.75 bits per heavy atom. The molecule has 1 aromatic heterocycles. The highest BCUT2D eigenvalue weighted by Gasteiger charge is 2.07. The Hall–Kier alpha value is -2.43. The number of ether oxygens (including phenoxy) is 1. The Morgan fingerprint density at radius 2 is 2.00 bits per heavy atom. The molecule has 0 aliphatic rings. The molecule has 4 nitrogen and oxygen atoms in total. The fourth-order valence-electron chi connectivity index (χ4n) is 1.81. The third-order valence-electron chi connectivity index (χ3n) is 2.80. The summed E-state index contributed by atoms with van der Waals surface area (Å²) in [5.74, 6) is -0.110. The summed E-state index contributed by atoms with van der Waals surface area (Å²) in [5.41, 5.74) is 0.189. The van der Waals surface area contributed by atoms with Gasteiger partial charge in [0.25, 0.3) is 5.56 Å². The van der Waals surface area contributed by atoms with Gasteiger partial charge in [-0.25, -0.2) is 4.39 Å². The Balaban J connectivity index is 2.05. The number of halogens is 1. The number of carbonyl (C=O) groups excluding carboxylic acids is 1. The van der Waals surface area contributed by atoms with E-state index in [-0.39, 0.29) is 24.5 Å². The molecular weight excluding hydrogens is 261 g/mol. The minimum Gasteiger partial charge on any atom is -0.491 e.